The largest absolute Gasteiger partial charge is 0.506 e. The first-order valence-corrected chi connectivity index (χ1v) is 11.1. The van der Waals surface area contributed by atoms with E-state index in [9.17, 15) is 9.50 Å². The van der Waals surface area contributed by atoms with E-state index in [4.69, 9.17) is 0 Å². The second-order valence-electron chi connectivity index (χ2n) is 6.09. The fraction of sp³-hybridized carbons (Fsp3) is 0. The van der Waals surface area contributed by atoms with Gasteiger partial charge >= 0.3 is 0 Å². The first-order chi connectivity index (χ1) is 14.5. The van der Waals surface area contributed by atoms with Gasteiger partial charge in [-0.1, -0.05) is 28.1 Å². The minimum Gasteiger partial charge on any atom is -0.506 e. The number of phenols is 1. The maximum absolute atomic E-state index is 14.5. The van der Waals surface area contributed by atoms with Crippen molar-refractivity contribution in [3.8, 4) is 17.0 Å². The number of rotatable bonds is 4. The van der Waals surface area contributed by atoms with Crippen molar-refractivity contribution < 1.29 is 9.50 Å². The molecule has 5 nitrogen and oxygen atoms in total. The molecule has 0 saturated carbocycles. The molecular weight excluding hydrogens is 535 g/mol. The summed E-state index contributed by atoms with van der Waals surface area (Å²) in [6, 6.07) is 13.6. The predicted molar refractivity (Wildman–Crippen MR) is 124 cm³/mol. The molecule has 0 aliphatic heterocycles. The van der Waals surface area contributed by atoms with Crippen molar-refractivity contribution in [2.24, 2.45) is 10.1 Å². The Kier molecular flexibility index (Phi) is 6.21. The van der Waals surface area contributed by atoms with Crippen LogP contribution in [0.1, 0.15) is 5.56 Å². The quantitative estimate of drug-likeness (QED) is 0.314. The summed E-state index contributed by atoms with van der Waals surface area (Å²) in [5.41, 5.74) is 2.09. The molecule has 30 heavy (non-hydrogen) atoms. The van der Waals surface area contributed by atoms with Gasteiger partial charge in [-0.05, 0) is 52.3 Å². The predicted octanol–water partition coefficient (Wildman–Crippen LogP) is 6.10. The van der Waals surface area contributed by atoms with E-state index in [0.29, 0.717) is 31.8 Å². The average molecular weight is 548 g/mol. The van der Waals surface area contributed by atoms with Gasteiger partial charge in [0.15, 0.2) is 0 Å². The maximum atomic E-state index is 14.5. The number of benzene rings is 2. The van der Waals surface area contributed by atoms with Gasteiger partial charge in [0.05, 0.1) is 28.3 Å². The summed E-state index contributed by atoms with van der Waals surface area (Å²) in [4.78, 5) is 9.20. The minimum atomic E-state index is -0.361. The topological polar surface area (TPSA) is 62.8 Å². The van der Waals surface area contributed by atoms with E-state index in [1.807, 2.05) is 6.07 Å². The zero-order valence-corrected chi connectivity index (χ0v) is 19.2. The number of thiazole rings is 1. The van der Waals surface area contributed by atoms with E-state index in [0.717, 1.165) is 4.47 Å². The van der Waals surface area contributed by atoms with Crippen LogP contribution in [0, 0.1) is 5.82 Å². The summed E-state index contributed by atoms with van der Waals surface area (Å²) < 4.78 is 17.3. The van der Waals surface area contributed by atoms with E-state index in [1.165, 1.54) is 23.6 Å². The van der Waals surface area contributed by atoms with E-state index in [2.05, 4.69) is 46.9 Å². The Hall–Kier alpha value is -2.62. The standard InChI is InChI=1S/C21H13Br2FN4OS/c22-14-8-13(20(29)17(23)9-14)10-26-28-19(16-5-1-2-6-18(16)24)12-30-21(28)27-15-4-3-7-25-11-15/h1-12,29H. The maximum Gasteiger partial charge on any atom is 0.211 e. The fourth-order valence-electron chi connectivity index (χ4n) is 2.68. The first kappa shape index (κ1) is 20.6. The second-order valence-corrected chi connectivity index (χ2v) is 8.69. The Morgan fingerprint density at radius 2 is 1.97 bits per heavy atom. The average Bonchev–Trinajstić information content (AvgIpc) is 3.13. The van der Waals surface area contributed by atoms with E-state index in [-0.39, 0.29) is 11.6 Å². The number of hydrogen-bond donors (Lipinski definition) is 1. The summed E-state index contributed by atoms with van der Waals surface area (Å²) >= 11 is 8.04. The molecule has 150 valence electrons. The molecular formula is C21H13Br2FN4OS. The number of pyridine rings is 1. The van der Waals surface area contributed by atoms with Gasteiger partial charge in [-0.3, -0.25) is 4.98 Å². The van der Waals surface area contributed by atoms with Crippen molar-refractivity contribution in [1.29, 1.82) is 0 Å². The van der Waals surface area contributed by atoms with Gasteiger partial charge in [0.2, 0.25) is 4.80 Å². The highest BCUT2D eigenvalue weighted by molar-refractivity contribution is 9.11. The molecule has 9 heteroatoms. The lowest BCUT2D eigenvalue weighted by Gasteiger charge is -2.06. The Balaban J connectivity index is 1.89. The number of halogens is 3. The van der Waals surface area contributed by atoms with Crippen molar-refractivity contribution >= 4 is 55.1 Å². The van der Waals surface area contributed by atoms with Crippen LogP contribution in [0.3, 0.4) is 0 Å². The summed E-state index contributed by atoms with van der Waals surface area (Å²) in [7, 11) is 0. The van der Waals surface area contributed by atoms with Gasteiger partial charge in [-0.2, -0.15) is 5.10 Å². The van der Waals surface area contributed by atoms with Crippen LogP contribution in [0.15, 0.2) is 85.3 Å². The lowest BCUT2D eigenvalue weighted by Crippen LogP contribution is -2.12. The fourth-order valence-corrected chi connectivity index (χ4v) is 4.78. The molecule has 0 atom stereocenters. The van der Waals surface area contributed by atoms with Gasteiger partial charge < -0.3 is 5.11 Å². The van der Waals surface area contributed by atoms with Gasteiger partial charge in [-0.25, -0.2) is 14.1 Å². The van der Waals surface area contributed by atoms with Crippen LogP contribution in [0.5, 0.6) is 5.75 Å². The Bertz CT molecular complexity index is 1300. The zero-order valence-electron chi connectivity index (χ0n) is 15.2. The summed E-state index contributed by atoms with van der Waals surface area (Å²) in [6.45, 7) is 0. The normalized spacial score (nSPS) is 12.0. The Morgan fingerprint density at radius 1 is 1.13 bits per heavy atom. The van der Waals surface area contributed by atoms with Gasteiger partial charge in [0, 0.05) is 27.2 Å². The molecule has 4 rings (SSSR count). The molecule has 2 aromatic heterocycles. The Labute approximate surface area is 192 Å². The number of aromatic hydroxyl groups is 1. The molecule has 0 saturated heterocycles. The lowest BCUT2D eigenvalue weighted by atomic mass is 10.1. The molecule has 0 aliphatic rings. The molecule has 0 bridgehead atoms. The third-order valence-electron chi connectivity index (χ3n) is 4.08. The highest BCUT2D eigenvalue weighted by atomic mass is 79.9. The van der Waals surface area contributed by atoms with Gasteiger partial charge in [0.1, 0.15) is 11.6 Å². The van der Waals surface area contributed by atoms with E-state index < -0.39 is 0 Å². The number of aromatic nitrogens is 2. The monoisotopic (exact) mass is 546 g/mol. The van der Waals surface area contributed by atoms with Gasteiger partial charge in [-0.15, -0.1) is 11.3 Å². The number of phenolic OH excluding ortho intramolecular Hbond substituents is 1. The first-order valence-electron chi connectivity index (χ1n) is 8.65. The van der Waals surface area contributed by atoms with Crippen LogP contribution < -0.4 is 4.80 Å². The van der Waals surface area contributed by atoms with Crippen molar-refractivity contribution in [3.05, 3.63) is 91.4 Å². The molecule has 2 heterocycles. The molecule has 1 N–H and O–H groups in total. The van der Waals surface area contributed by atoms with Crippen LogP contribution in [0.4, 0.5) is 10.1 Å². The van der Waals surface area contributed by atoms with E-state index in [1.54, 1.807) is 58.8 Å². The Morgan fingerprint density at radius 3 is 2.73 bits per heavy atom. The molecule has 0 unspecified atom stereocenters. The van der Waals surface area contributed by atoms with E-state index >= 15 is 0 Å². The molecule has 0 amide bonds. The minimum absolute atomic E-state index is 0.0518. The highest BCUT2D eigenvalue weighted by Crippen LogP contribution is 2.31. The molecule has 0 radical (unpaired) electrons. The zero-order chi connectivity index (χ0) is 21.1. The highest BCUT2D eigenvalue weighted by Gasteiger charge is 2.12. The third kappa shape index (κ3) is 4.43. The lowest BCUT2D eigenvalue weighted by molar-refractivity contribution is 0.471. The van der Waals surface area contributed by atoms with Crippen LogP contribution in [0.25, 0.3) is 11.3 Å². The smallest absolute Gasteiger partial charge is 0.211 e. The van der Waals surface area contributed by atoms with Crippen molar-refractivity contribution in [2.75, 3.05) is 0 Å². The van der Waals surface area contributed by atoms with Crippen LogP contribution >= 0.6 is 43.2 Å². The number of hydrogen-bond acceptors (Lipinski definition) is 5. The van der Waals surface area contributed by atoms with Crippen molar-refractivity contribution in [3.63, 3.8) is 0 Å². The second kappa shape index (κ2) is 9.03. The van der Waals surface area contributed by atoms with Crippen LogP contribution in [0.2, 0.25) is 0 Å². The van der Waals surface area contributed by atoms with Crippen molar-refractivity contribution in [1.82, 2.24) is 9.66 Å². The molecule has 0 fully saturated rings. The summed E-state index contributed by atoms with van der Waals surface area (Å²) in [5.74, 6) is -0.309. The van der Waals surface area contributed by atoms with Gasteiger partial charge in [0.25, 0.3) is 0 Å². The number of nitrogens with zero attached hydrogens (tertiary/aromatic N) is 4. The molecule has 0 spiro atoms. The summed E-state index contributed by atoms with van der Waals surface area (Å²) in [6.07, 6.45) is 4.80. The molecule has 0 aliphatic carbocycles. The SMILES string of the molecule is Oc1c(Br)cc(Br)cc1C=Nn1c(-c2ccccc2F)csc1=Nc1cccnc1. The van der Waals surface area contributed by atoms with Crippen LogP contribution in [-0.4, -0.2) is 21.0 Å². The van der Waals surface area contributed by atoms with Crippen molar-refractivity contribution in [2.45, 2.75) is 0 Å². The molecule has 4 aromatic rings. The summed E-state index contributed by atoms with van der Waals surface area (Å²) in [5, 5.41) is 16.6. The third-order valence-corrected chi connectivity index (χ3v) is 5.95. The molecule has 2 aromatic carbocycles. The van der Waals surface area contributed by atoms with Crippen LogP contribution in [-0.2, 0) is 0 Å².